The molecule has 0 saturated heterocycles. The molecule has 1 nitrogen and oxygen atoms in total. The van der Waals surface area contributed by atoms with Crippen molar-refractivity contribution in [2.75, 3.05) is 0 Å². The Balaban J connectivity index is 3.33. The molecule has 0 aliphatic rings. The number of rotatable bonds is 1. The van der Waals surface area contributed by atoms with Crippen LogP contribution in [0.15, 0.2) is 16.6 Å². The van der Waals surface area contributed by atoms with E-state index in [0.29, 0.717) is 0 Å². The van der Waals surface area contributed by atoms with Crippen LogP contribution in [-0.4, -0.2) is 5.11 Å². The maximum atomic E-state index is 12.6. The number of phenolic OH excluding ortho intramolecular Hbond substituents is 1. The molecule has 0 spiro atoms. The van der Waals surface area contributed by atoms with Gasteiger partial charge in [0.1, 0.15) is 11.6 Å². The lowest BCUT2D eigenvalue weighted by atomic mass is 10.2. The largest absolute Gasteiger partial charge is 0.506 e. The Labute approximate surface area is 75.0 Å². The summed E-state index contributed by atoms with van der Waals surface area (Å²) in [5.74, 6) is -1.85. The molecule has 1 aromatic carbocycles. The van der Waals surface area contributed by atoms with Crippen LogP contribution >= 0.6 is 15.9 Å². The molecule has 0 atom stereocenters. The van der Waals surface area contributed by atoms with Gasteiger partial charge in [0.05, 0.1) is 10.0 Å². The summed E-state index contributed by atoms with van der Waals surface area (Å²) in [6.07, 6.45) is -3.01. The summed E-state index contributed by atoms with van der Waals surface area (Å²) >= 11 is 2.80. The van der Waals surface area contributed by atoms with Gasteiger partial charge in [-0.3, -0.25) is 0 Å². The van der Waals surface area contributed by atoms with Crippen LogP contribution in [0.25, 0.3) is 0 Å². The van der Waals surface area contributed by atoms with Gasteiger partial charge in [0.2, 0.25) is 0 Å². The summed E-state index contributed by atoms with van der Waals surface area (Å²) in [6.45, 7) is 0. The van der Waals surface area contributed by atoms with E-state index in [0.717, 1.165) is 12.1 Å². The van der Waals surface area contributed by atoms with Crippen LogP contribution < -0.4 is 0 Å². The summed E-state index contributed by atoms with van der Waals surface area (Å²) in [5.41, 5.74) is -0.968. The summed E-state index contributed by atoms with van der Waals surface area (Å²) < 4.78 is 36.8. The van der Waals surface area contributed by atoms with E-state index in [1.807, 2.05) is 0 Å². The molecule has 12 heavy (non-hydrogen) atoms. The molecule has 66 valence electrons. The number of benzene rings is 1. The lowest BCUT2D eigenvalue weighted by Gasteiger charge is -2.05. The molecule has 0 bridgehead atoms. The molecule has 0 aliphatic heterocycles. The Kier molecular flexibility index (Phi) is 2.62. The zero-order chi connectivity index (χ0) is 9.30. The molecule has 1 N–H and O–H groups in total. The highest BCUT2D eigenvalue weighted by Gasteiger charge is 2.19. The van der Waals surface area contributed by atoms with Gasteiger partial charge in [0, 0.05) is 0 Å². The number of alkyl halides is 2. The highest BCUT2D eigenvalue weighted by molar-refractivity contribution is 9.10. The van der Waals surface area contributed by atoms with Crippen molar-refractivity contribution in [2.45, 2.75) is 6.43 Å². The topological polar surface area (TPSA) is 20.2 Å². The molecule has 5 heteroatoms. The molecule has 0 amide bonds. The lowest BCUT2D eigenvalue weighted by molar-refractivity contribution is 0.142. The first-order valence-electron chi connectivity index (χ1n) is 2.99. The van der Waals surface area contributed by atoms with E-state index >= 15 is 0 Å². The predicted molar refractivity (Wildman–Crippen MR) is 40.7 cm³/mol. The van der Waals surface area contributed by atoms with Crippen LogP contribution in [0.1, 0.15) is 12.0 Å². The highest BCUT2D eigenvalue weighted by Crippen LogP contribution is 2.35. The fourth-order valence-corrected chi connectivity index (χ4v) is 1.11. The Hall–Kier alpha value is -0.710. The van der Waals surface area contributed by atoms with Crippen LogP contribution in [0.5, 0.6) is 5.75 Å². The maximum Gasteiger partial charge on any atom is 0.270 e. The second-order valence-corrected chi connectivity index (χ2v) is 2.95. The Morgan fingerprint density at radius 1 is 1.33 bits per heavy atom. The number of aromatic hydroxyl groups is 1. The average Bonchev–Trinajstić information content (AvgIpc) is 1.97. The van der Waals surface area contributed by atoms with Crippen LogP contribution in [0.2, 0.25) is 0 Å². The quantitative estimate of drug-likeness (QED) is 0.800. The SMILES string of the molecule is Oc1c(Br)ccc(F)c1C(F)F. The van der Waals surface area contributed by atoms with Gasteiger partial charge in [0.15, 0.2) is 0 Å². The van der Waals surface area contributed by atoms with E-state index in [1.54, 1.807) is 0 Å². The lowest BCUT2D eigenvalue weighted by Crippen LogP contribution is -1.91. The van der Waals surface area contributed by atoms with Crippen molar-refractivity contribution < 1.29 is 18.3 Å². The fourth-order valence-electron chi connectivity index (χ4n) is 0.764. The Morgan fingerprint density at radius 2 is 1.92 bits per heavy atom. The smallest absolute Gasteiger partial charge is 0.270 e. The van der Waals surface area contributed by atoms with Gasteiger partial charge >= 0.3 is 0 Å². The first-order valence-corrected chi connectivity index (χ1v) is 3.78. The molecule has 0 heterocycles. The molecular formula is C7H4BrF3O. The number of hydrogen-bond donors (Lipinski definition) is 1. The second-order valence-electron chi connectivity index (χ2n) is 2.09. The van der Waals surface area contributed by atoms with Gasteiger partial charge in [-0.25, -0.2) is 13.2 Å². The van der Waals surface area contributed by atoms with Crippen LogP contribution in [-0.2, 0) is 0 Å². The molecule has 1 aromatic rings. The van der Waals surface area contributed by atoms with Gasteiger partial charge in [-0.1, -0.05) is 0 Å². The van der Waals surface area contributed by atoms with Crippen molar-refractivity contribution in [3.05, 3.63) is 28.0 Å². The minimum atomic E-state index is -3.01. The average molecular weight is 241 g/mol. The second kappa shape index (κ2) is 3.35. The summed E-state index contributed by atoms with van der Waals surface area (Å²) in [5, 5.41) is 8.98. The Morgan fingerprint density at radius 3 is 2.33 bits per heavy atom. The van der Waals surface area contributed by atoms with Gasteiger partial charge in [-0.15, -0.1) is 0 Å². The van der Waals surface area contributed by atoms with E-state index < -0.39 is 23.6 Å². The van der Waals surface area contributed by atoms with E-state index in [9.17, 15) is 13.2 Å². The summed E-state index contributed by atoms with van der Waals surface area (Å²) in [4.78, 5) is 0. The predicted octanol–water partition coefficient (Wildman–Crippen LogP) is 3.23. The maximum absolute atomic E-state index is 12.6. The fraction of sp³-hybridized carbons (Fsp3) is 0.143. The normalized spacial score (nSPS) is 10.8. The summed E-state index contributed by atoms with van der Waals surface area (Å²) in [7, 11) is 0. The van der Waals surface area contributed by atoms with E-state index in [-0.39, 0.29) is 4.47 Å². The first kappa shape index (κ1) is 9.38. The molecule has 0 aliphatic carbocycles. The molecule has 0 saturated carbocycles. The van der Waals surface area contributed by atoms with Crippen LogP contribution in [0, 0.1) is 5.82 Å². The van der Waals surface area contributed by atoms with E-state index in [2.05, 4.69) is 15.9 Å². The first-order chi connectivity index (χ1) is 5.54. The molecule has 0 fully saturated rings. The third-order valence-corrected chi connectivity index (χ3v) is 1.97. The molecule has 0 aromatic heterocycles. The highest BCUT2D eigenvalue weighted by atomic mass is 79.9. The van der Waals surface area contributed by atoms with Crippen molar-refractivity contribution in [3.8, 4) is 5.75 Å². The molecule has 0 radical (unpaired) electrons. The zero-order valence-electron chi connectivity index (χ0n) is 5.69. The third-order valence-electron chi connectivity index (χ3n) is 1.33. The van der Waals surface area contributed by atoms with E-state index in [1.165, 1.54) is 0 Å². The van der Waals surface area contributed by atoms with Gasteiger partial charge in [0.25, 0.3) is 6.43 Å². The van der Waals surface area contributed by atoms with Crippen molar-refractivity contribution in [1.82, 2.24) is 0 Å². The van der Waals surface area contributed by atoms with Crippen molar-refractivity contribution in [3.63, 3.8) is 0 Å². The number of hydrogen-bond acceptors (Lipinski definition) is 1. The van der Waals surface area contributed by atoms with Crippen molar-refractivity contribution in [2.24, 2.45) is 0 Å². The standard InChI is InChI=1S/C7H4BrF3O/c8-3-1-2-4(9)5(6(3)12)7(10)11/h1-2,7,12H. The number of halogens is 4. The monoisotopic (exact) mass is 240 g/mol. The van der Waals surface area contributed by atoms with Crippen molar-refractivity contribution in [1.29, 1.82) is 0 Å². The number of phenols is 1. The summed E-state index contributed by atoms with van der Waals surface area (Å²) in [6, 6.07) is 2.03. The zero-order valence-corrected chi connectivity index (χ0v) is 7.28. The van der Waals surface area contributed by atoms with Gasteiger partial charge < -0.3 is 5.11 Å². The van der Waals surface area contributed by atoms with Gasteiger partial charge in [-0.05, 0) is 28.1 Å². The third kappa shape index (κ3) is 1.55. The Bertz CT molecular complexity index is 301. The minimum Gasteiger partial charge on any atom is -0.506 e. The minimum absolute atomic E-state index is 0.0548. The molecule has 0 unspecified atom stereocenters. The van der Waals surface area contributed by atoms with Crippen LogP contribution in [0.4, 0.5) is 13.2 Å². The molecule has 1 rings (SSSR count). The molecular weight excluding hydrogens is 237 g/mol. The van der Waals surface area contributed by atoms with Gasteiger partial charge in [-0.2, -0.15) is 0 Å². The van der Waals surface area contributed by atoms with E-state index in [4.69, 9.17) is 5.11 Å². The van der Waals surface area contributed by atoms with Crippen LogP contribution in [0.3, 0.4) is 0 Å². The van der Waals surface area contributed by atoms with Crippen molar-refractivity contribution >= 4 is 15.9 Å².